The molecule has 0 fully saturated rings. The van der Waals surface area contributed by atoms with Gasteiger partial charge in [0.05, 0.1) is 17.7 Å². The molecule has 2 aromatic heterocycles. The summed E-state index contributed by atoms with van der Waals surface area (Å²) in [6.07, 6.45) is 0.844. The van der Waals surface area contributed by atoms with E-state index >= 15 is 0 Å². The van der Waals surface area contributed by atoms with Gasteiger partial charge in [0.25, 0.3) is 5.91 Å². The second kappa shape index (κ2) is 7.83. The van der Waals surface area contributed by atoms with Gasteiger partial charge in [0.1, 0.15) is 11.4 Å². The highest BCUT2D eigenvalue weighted by molar-refractivity contribution is 7.13. The van der Waals surface area contributed by atoms with Crippen molar-refractivity contribution in [3.05, 3.63) is 46.6 Å². The summed E-state index contributed by atoms with van der Waals surface area (Å²) in [5.74, 6) is 1.74. The third-order valence-electron chi connectivity index (χ3n) is 6.16. The van der Waals surface area contributed by atoms with E-state index < -0.39 is 0 Å². The zero-order valence-corrected chi connectivity index (χ0v) is 20.3. The maximum atomic E-state index is 13.5. The third-order valence-corrected chi connectivity index (χ3v) is 7.04. The number of aryl methyl sites for hydroxylation is 1. The Kier molecular flexibility index (Phi) is 5.46. The molecule has 1 aliphatic heterocycles. The first kappa shape index (κ1) is 21.6. The van der Waals surface area contributed by atoms with Crippen molar-refractivity contribution < 1.29 is 9.53 Å². The number of fused-ring (bicyclic) bond motifs is 3. The van der Waals surface area contributed by atoms with Crippen LogP contribution in [0.5, 0.6) is 5.75 Å². The molecular formula is C25H31N3O2S. The van der Waals surface area contributed by atoms with E-state index in [0.717, 1.165) is 40.5 Å². The van der Waals surface area contributed by atoms with Crippen molar-refractivity contribution in [3.8, 4) is 27.6 Å². The van der Waals surface area contributed by atoms with E-state index in [1.165, 1.54) is 11.1 Å². The number of amides is 1. The van der Waals surface area contributed by atoms with Gasteiger partial charge in [-0.15, -0.1) is 11.3 Å². The Balaban J connectivity index is 1.97. The van der Waals surface area contributed by atoms with E-state index in [4.69, 9.17) is 9.72 Å². The highest BCUT2D eigenvalue weighted by Gasteiger charge is 2.33. The van der Waals surface area contributed by atoms with Crippen LogP contribution in [-0.4, -0.2) is 40.1 Å². The lowest BCUT2D eigenvalue weighted by atomic mass is 9.90. The van der Waals surface area contributed by atoms with E-state index in [0.29, 0.717) is 11.7 Å². The summed E-state index contributed by atoms with van der Waals surface area (Å²) in [7, 11) is 3.59. The van der Waals surface area contributed by atoms with Crippen LogP contribution in [0.2, 0.25) is 0 Å². The molecule has 0 spiro atoms. The zero-order valence-electron chi connectivity index (χ0n) is 19.4. The smallest absolute Gasteiger partial charge is 0.290 e. The molecule has 0 bridgehead atoms. The van der Waals surface area contributed by atoms with E-state index in [9.17, 15) is 4.79 Å². The van der Waals surface area contributed by atoms with Crippen molar-refractivity contribution in [2.75, 3.05) is 14.2 Å². The standard InChI is InChI=1S/C25H31N3O2S/c1-15(2)17-14-18-16(13-19(17)30-7)10-11-28-22(18)21(20-9-8-12-31-20)26-23(28)24(29)27(6)25(3,4)5/h8-9,12-15H,10-11H2,1-7H3. The molecule has 0 saturated carbocycles. The van der Waals surface area contributed by atoms with Crippen LogP contribution in [0.15, 0.2) is 29.6 Å². The molecule has 164 valence electrons. The fourth-order valence-electron chi connectivity index (χ4n) is 4.07. The topological polar surface area (TPSA) is 47.4 Å². The molecule has 5 nitrogen and oxygen atoms in total. The number of hydrogen-bond donors (Lipinski definition) is 0. The van der Waals surface area contributed by atoms with Crippen LogP contribution in [-0.2, 0) is 13.0 Å². The Hall–Kier alpha value is -2.60. The number of nitrogens with zero attached hydrogens (tertiary/aromatic N) is 3. The second-order valence-electron chi connectivity index (χ2n) is 9.45. The summed E-state index contributed by atoms with van der Waals surface area (Å²) in [6, 6.07) is 8.52. The average Bonchev–Trinajstić information content (AvgIpc) is 3.38. The van der Waals surface area contributed by atoms with Crippen LogP contribution >= 0.6 is 11.3 Å². The summed E-state index contributed by atoms with van der Waals surface area (Å²) in [5, 5.41) is 2.06. The first-order valence-corrected chi connectivity index (χ1v) is 11.6. The minimum absolute atomic E-state index is 0.0439. The SMILES string of the molecule is COc1cc2c(cc1C(C)C)-c1c(-c3cccs3)nc(C(=O)N(C)C(C)(C)C)n1CC2. The summed E-state index contributed by atoms with van der Waals surface area (Å²) in [4.78, 5) is 21.3. The molecule has 0 atom stereocenters. The molecule has 3 aromatic rings. The van der Waals surface area contributed by atoms with Gasteiger partial charge in [-0.2, -0.15) is 0 Å². The number of aromatic nitrogens is 2. The first-order valence-electron chi connectivity index (χ1n) is 10.8. The number of imidazole rings is 1. The van der Waals surface area contributed by atoms with Crippen LogP contribution in [0.3, 0.4) is 0 Å². The lowest BCUT2D eigenvalue weighted by molar-refractivity contribution is 0.0638. The number of carbonyl (C=O) groups excluding carboxylic acids is 1. The van der Waals surface area contributed by atoms with Crippen LogP contribution in [0.1, 0.15) is 62.3 Å². The second-order valence-corrected chi connectivity index (χ2v) is 10.4. The summed E-state index contributed by atoms with van der Waals surface area (Å²) in [5.41, 5.74) is 5.23. The van der Waals surface area contributed by atoms with Gasteiger partial charge in [-0.1, -0.05) is 19.9 Å². The van der Waals surface area contributed by atoms with Crippen LogP contribution < -0.4 is 4.74 Å². The van der Waals surface area contributed by atoms with Crippen molar-refractivity contribution >= 4 is 17.2 Å². The first-order chi connectivity index (χ1) is 14.6. The fraction of sp³-hybridized carbons (Fsp3) is 0.440. The van der Waals surface area contributed by atoms with Crippen LogP contribution in [0.4, 0.5) is 0 Å². The molecular weight excluding hydrogens is 406 g/mol. The van der Waals surface area contributed by atoms with Crippen LogP contribution in [0.25, 0.3) is 21.8 Å². The minimum Gasteiger partial charge on any atom is -0.496 e. The summed E-state index contributed by atoms with van der Waals surface area (Å²) >= 11 is 1.66. The number of benzene rings is 1. The predicted octanol–water partition coefficient (Wildman–Crippen LogP) is 5.84. The number of hydrogen-bond acceptors (Lipinski definition) is 4. The van der Waals surface area contributed by atoms with Crippen molar-refractivity contribution in [1.29, 1.82) is 0 Å². The molecule has 0 radical (unpaired) electrons. The highest BCUT2D eigenvalue weighted by Crippen LogP contribution is 2.43. The maximum absolute atomic E-state index is 13.5. The highest BCUT2D eigenvalue weighted by atomic mass is 32.1. The Bertz CT molecular complexity index is 1120. The molecule has 0 N–H and O–H groups in total. The van der Waals surface area contributed by atoms with Gasteiger partial charge >= 0.3 is 0 Å². The van der Waals surface area contributed by atoms with Gasteiger partial charge in [-0.05, 0) is 67.8 Å². The molecule has 4 rings (SSSR count). The van der Waals surface area contributed by atoms with Gasteiger partial charge in [-0.25, -0.2) is 4.98 Å². The predicted molar refractivity (Wildman–Crippen MR) is 127 cm³/mol. The Morgan fingerprint density at radius 3 is 2.61 bits per heavy atom. The van der Waals surface area contributed by atoms with Crippen molar-refractivity contribution in [1.82, 2.24) is 14.5 Å². The van der Waals surface area contributed by atoms with Crippen LogP contribution in [0, 0.1) is 0 Å². The van der Waals surface area contributed by atoms with Gasteiger partial charge < -0.3 is 14.2 Å². The fourth-order valence-corrected chi connectivity index (χ4v) is 4.79. The lowest BCUT2D eigenvalue weighted by Crippen LogP contribution is -2.43. The molecule has 0 aliphatic carbocycles. The molecule has 1 aromatic carbocycles. The van der Waals surface area contributed by atoms with Gasteiger partial charge in [0.2, 0.25) is 0 Å². The largest absolute Gasteiger partial charge is 0.496 e. The average molecular weight is 438 g/mol. The molecule has 1 amide bonds. The summed E-state index contributed by atoms with van der Waals surface area (Å²) in [6.45, 7) is 11.2. The van der Waals surface area contributed by atoms with E-state index in [2.05, 4.69) is 42.0 Å². The van der Waals surface area contributed by atoms with E-state index in [-0.39, 0.29) is 11.4 Å². The molecule has 0 unspecified atom stereocenters. The van der Waals surface area contributed by atoms with Gasteiger partial charge in [0, 0.05) is 24.7 Å². The van der Waals surface area contributed by atoms with Gasteiger partial charge in [-0.3, -0.25) is 4.79 Å². The minimum atomic E-state index is -0.280. The monoisotopic (exact) mass is 437 g/mol. The Labute approximate surface area is 188 Å². The molecule has 3 heterocycles. The molecule has 6 heteroatoms. The number of carbonyl (C=O) groups is 1. The molecule has 1 aliphatic rings. The normalized spacial score (nSPS) is 13.2. The van der Waals surface area contributed by atoms with E-state index in [1.54, 1.807) is 23.3 Å². The quantitative estimate of drug-likeness (QED) is 0.515. The van der Waals surface area contributed by atoms with Crippen molar-refractivity contribution in [2.45, 2.75) is 59.0 Å². The van der Waals surface area contributed by atoms with Crippen molar-refractivity contribution in [2.24, 2.45) is 0 Å². The molecule has 0 saturated heterocycles. The molecule has 31 heavy (non-hydrogen) atoms. The zero-order chi connectivity index (χ0) is 22.5. The number of methoxy groups -OCH3 is 1. The maximum Gasteiger partial charge on any atom is 0.290 e. The lowest BCUT2D eigenvalue weighted by Gasteiger charge is -2.32. The number of rotatable bonds is 4. The van der Waals surface area contributed by atoms with Crippen molar-refractivity contribution in [3.63, 3.8) is 0 Å². The Morgan fingerprint density at radius 2 is 2.03 bits per heavy atom. The van der Waals surface area contributed by atoms with Gasteiger partial charge in [0.15, 0.2) is 5.82 Å². The Morgan fingerprint density at radius 1 is 1.29 bits per heavy atom. The third kappa shape index (κ3) is 3.67. The van der Waals surface area contributed by atoms with E-state index in [1.807, 2.05) is 33.9 Å². The summed E-state index contributed by atoms with van der Waals surface area (Å²) < 4.78 is 7.82. The number of thiophene rings is 1. The number of ether oxygens (including phenoxy) is 1.